The number of carbonyl (C=O) groups is 2. The fourth-order valence-electron chi connectivity index (χ4n) is 2.96. The van der Waals surface area contributed by atoms with Gasteiger partial charge < -0.3 is 15.0 Å². The van der Waals surface area contributed by atoms with Crippen molar-refractivity contribution >= 4 is 17.5 Å². The molecule has 0 fully saturated rings. The lowest BCUT2D eigenvalue weighted by Gasteiger charge is -2.21. The summed E-state index contributed by atoms with van der Waals surface area (Å²) in [6.45, 7) is 8.15. The molecule has 0 saturated heterocycles. The maximum absolute atomic E-state index is 12.8. The molecular weight excluding hydrogens is 352 g/mol. The van der Waals surface area contributed by atoms with Crippen molar-refractivity contribution in [2.45, 2.75) is 40.0 Å². The molecule has 0 aliphatic carbocycles. The average molecular weight is 383 g/mol. The number of ether oxygens (including phenoxy) is 1. The maximum atomic E-state index is 12.8. The standard InChI is InChI=1S/C23H30N2O3/c1-4-14-25(15-5-2)23(27)18-10-9-11-19(17-18)24-22(26)20-12-7-8-13-21(20)28-16-6-3/h7-13,17H,4-6,14-16H2,1-3H3,(H,24,26). The zero-order chi connectivity index (χ0) is 20.4. The van der Waals surface area contributed by atoms with Gasteiger partial charge in [-0.15, -0.1) is 0 Å². The van der Waals surface area contributed by atoms with E-state index in [1.165, 1.54) is 0 Å². The Bertz CT molecular complexity index is 783. The first kappa shape index (κ1) is 21.5. The van der Waals surface area contributed by atoms with E-state index in [0.29, 0.717) is 29.2 Å². The molecule has 2 aromatic carbocycles. The van der Waals surface area contributed by atoms with Gasteiger partial charge in [0, 0.05) is 24.3 Å². The van der Waals surface area contributed by atoms with Gasteiger partial charge in [0.1, 0.15) is 5.75 Å². The summed E-state index contributed by atoms with van der Waals surface area (Å²) in [7, 11) is 0. The number of nitrogens with one attached hydrogen (secondary N) is 1. The van der Waals surface area contributed by atoms with E-state index in [4.69, 9.17) is 4.74 Å². The molecule has 2 rings (SSSR count). The summed E-state index contributed by atoms with van der Waals surface area (Å²) >= 11 is 0. The minimum Gasteiger partial charge on any atom is -0.493 e. The molecular formula is C23H30N2O3. The fraction of sp³-hybridized carbons (Fsp3) is 0.391. The Morgan fingerprint density at radius 2 is 1.64 bits per heavy atom. The molecule has 1 N–H and O–H groups in total. The number of para-hydroxylation sites is 1. The van der Waals surface area contributed by atoms with Gasteiger partial charge >= 0.3 is 0 Å². The minimum absolute atomic E-state index is 0.00789. The van der Waals surface area contributed by atoms with Crippen LogP contribution in [0.15, 0.2) is 48.5 Å². The van der Waals surface area contributed by atoms with Gasteiger partial charge in [-0.1, -0.05) is 39.0 Å². The van der Waals surface area contributed by atoms with Gasteiger partial charge in [0.15, 0.2) is 0 Å². The maximum Gasteiger partial charge on any atom is 0.259 e. The number of hydrogen-bond acceptors (Lipinski definition) is 3. The Hall–Kier alpha value is -2.82. The molecule has 0 aliphatic heterocycles. The van der Waals surface area contributed by atoms with Crippen LogP contribution >= 0.6 is 0 Å². The molecule has 150 valence electrons. The van der Waals surface area contributed by atoms with E-state index in [2.05, 4.69) is 19.2 Å². The third-order valence-electron chi connectivity index (χ3n) is 4.24. The van der Waals surface area contributed by atoms with Crippen LogP contribution in [-0.4, -0.2) is 36.4 Å². The van der Waals surface area contributed by atoms with Gasteiger partial charge in [0.25, 0.3) is 11.8 Å². The highest BCUT2D eigenvalue weighted by Gasteiger charge is 2.16. The number of nitrogens with zero attached hydrogens (tertiary/aromatic N) is 1. The van der Waals surface area contributed by atoms with E-state index in [-0.39, 0.29) is 11.8 Å². The van der Waals surface area contributed by atoms with Gasteiger partial charge in [-0.2, -0.15) is 0 Å². The van der Waals surface area contributed by atoms with Crippen molar-refractivity contribution in [3.05, 3.63) is 59.7 Å². The van der Waals surface area contributed by atoms with Gasteiger partial charge in [-0.25, -0.2) is 0 Å². The first-order chi connectivity index (χ1) is 13.6. The second-order valence-corrected chi connectivity index (χ2v) is 6.67. The molecule has 0 unspecified atom stereocenters. The predicted octanol–water partition coefficient (Wildman–Crippen LogP) is 4.99. The lowest BCUT2D eigenvalue weighted by atomic mass is 10.1. The van der Waals surface area contributed by atoms with Crippen molar-refractivity contribution in [1.29, 1.82) is 0 Å². The van der Waals surface area contributed by atoms with Crippen LogP contribution in [0.25, 0.3) is 0 Å². The third-order valence-corrected chi connectivity index (χ3v) is 4.24. The monoisotopic (exact) mass is 382 g/mol. The average Bonchev–Trinajstić information content (AvgIpc) is 2.72. The van der Waals surface area contributed by atoms with Crippen molar-refractivity contribution in [3.63, 3.8) is 0 Å². The van der Waals surface area contributed by atoms with Crippen molar-refractivity contribution < 1.29 is 14.3 Å². The molecule has 0 radical (unpaired) electrons. The summed E-state index contributed by atoms with van der Waals surface area (Å²) in [5.74, 6) is 0.299. The van der Waals surface area contributed by atoms with Crippen LogP contribution in [-0.2, 0) is 0 Å². The fourth-order valence-corrected chi connectivity index (χ4v) is 2.96. The largest absolute Gasteiger partial charge is 0.493 e. The van der Waals surface area contributed by atoms with Gasteiger partial charge in [0.2, 0.25) is 0 Å². The van der Waals surface area contributed by atoms with E-state index in [1.807, 2.05) is 17.9 Å². The van der Waals surface area contributed by atoms with Crippen molar-refractivity contribution in [1.82, 2.24) is 4.90 Å². The predicted molar refractivity (Wildman–Crippen MR) is 113 cm³/mol. The van der Waals surface area contributed by atoms with Crippen LogP contribution < -0.4 is 10.1 Å². The highest BCUT2D eigenvalue weighted by molar-refractivity contribution is 6.06. The third kappa shape index (κ3) is 5.84. The summed E-state index contributed by atoms with van der Waals surface area (Å²) in [6, 6.07) is 14.3. The molecule has 2 amide bonds. The Kier molecular flexibility index (Phi) is 8.53. The molecule has 0 atom stereocenters. The molecule has 0 bridgehead atoms. The molecule has 5 heteroatoms. The highest BCUT2D eigenvalue weighted by Crippen LogP contribution is 2.21. The quantitative estimate of drug-likeness (QED) is 0.630. The van der Waals surface area contributed by atoms with Crippen LogP contribution in [0.2, 0.25) is 0 Å². The van der Waals surface area contributed by atoms with Crippen molar-refractivity contribution in [3.8, 4) is 5.75 Å². The van der Waals surface area contributed by atoms with Crippen LogP contribution in [0.5, 0.6) is 5.75 Å². The second kappa shape index (κ2) is 11.1. The summed E-state index contributed by atoms with van der Waals surface area (Å²) < 4.78 is 5.67. The first-order valence-electron chi connectivity index (χ1n) is 10.0. The number of rotatable bonds is 10. The SMILES string of the molecule is CCCOc1ccccc1C(=O)Nc1cccc(C(=O)N(CCC)CCC)c1. The zero-order valence-electron chi connectivity index (χ0n) is 17.0. The molecule has 2 aromatic rings. The number of carbonyl (C=O) groups excluding carboxylic acids is 2. The molecule has 0 heterocycles. The van der Waals surface area contributed by atoms with E-state index >= 15 is 0 Å². The van der Waals surface area contributed by atoms with E-state index in [1.54, 1.807) is 42.5 Å². The van der Waals surface area contributed by atoms with E-state index in [0.717, 1.165) is 32.4 Å². The molecule has 5 nitrogen and oxygen atoms in total. The minimum atomic E-state index is -0.254. The zero-order valence-corrected chi connectivity index (χ0v) is 17.0. The Morgan fingerprint density at radius 3 is 2.32 bits per heavy atom. The Morgan fingerprint density at radius 1 is 0.929 bits per heavy atom. The summed E-state index contributed by atoms with van der Waals surface area (Å²) in [5.41, 5.74) is 1.65. The van der Waals surface area contributed by atoms with Crippen molar-refractivity contribution in [2.24, 2.45) is 0 Å². The summed E-state index contributed by atoms with van der Waals surface area (Å²) in [6.07, 6.45) is 2.69. The van der Waals surface area contributed by atoms with Gasteiger partial charge in [0.05, 0.1) is 12.2 Å². The smallest absolute Gasteiger partial charge is 0.259 e. The van der Waals surface area contributed by atoms with Crippen LogP contribution in [0.1, 0.15) is 60.7 Å². The Labute approximate surface area is 167 Å². The molecule has 0 saturated carbocycles. The Balaban J connectivity index is 2.16. The first-order valence-corrected chi connectivity index (χ1v) is 10.0. The van der Waals surface area contributed by atoms with Gasteiger partial charge in [-0.3, -0.25) is 9.59 Å². The second-order valence-electron chi connectivity index (χ2n) is 6.67. The lowest BCUT2D eigenvalue weighted by molar-refractivity contribution is 0.0755. The highest BCUT2D eigenvalue weighted by atomic mass is 16.5. The topological polar surface area (TPSA) is 58.6 Å². The number of benzene rings is 2. The number of amides is 2. The molecule has 0 aromatic heterocycles. The van der Waals surface area contributed by atoms with Crippen molar-refractivity contribution in [2.75, 3.05) is 25.0 Å². The number of anilines is 1. The van der Waals surface area contributed by atoms with E-state index in [9.17, 15) is 9.59 Å². The number of hydrogen-bond donors (Lipinski definition) is 1. The summed E-state index contributed by atoms with van der Waals surface area (Å²) in [4.78, 5) is 27.4. The normalized spacial score (nSPS) is 10.4. The molecule has 0 spiro atoms. The lowest BCUT2D eigenvalue weighted by Crippen LogP contribution is -2.32. The van der Waals surface area contributed by atoms with Crippen LogP contribution in [0, 0.1) is 0 Å². The van der Waals surface area contributed by atoms with Crippen LogP contribution in [0.4, 0.5) is 5.69 Å². The van der Waals surface area contributed by atoms with E-state index < -0.39 is 0 Å². The van der Waals surface area contributed by atoms with Crippen LogP contribution in [0.3, 0.4) is 0 Å². The molecule has 28 heavy (non-hydrogen) atoms. The molecule has 0 aliphatic rings. The van der Waals surface area contributed by atoms with Gasteiger partial charge in [-0.05, 0) is 49.6 Å². The summed E-state index contributed by atoms with van der Waals surface area (Å²) in [5, 5.41) is 2.88.